The zero-order chi connectivity index (χ0) is 21.5. The van der Waals surface area contributed by atoms with Gasteiger partial charge in [0.1, 0.15) is 4.32 Å². The second-order valence-electron chi connectivity index (χ2n) is 5.88. The van der Waals surface area contributed by atoms with Crippen molar-refractivity contribution in [2.45, 2.75) is 31.0 Å². The van der Waals surface area contributed by atoms with Crippen molar-refractivity contribution in [3.05, 3.63) is 47.5 Å². The minimum Gasteiger partial charge on any atom is -0.478 e. The van der Waals surface area contributed by atoms with E-state index in [-0.39, 0.29) is 17.0 Å². The Morgan fingerprint density at radius 1 is 0.929 bits per heavy atom. The molecule has 0 bridgehead atoms. The van der Waals surface area contributed by atoms with Gasteiger partial charge in [-0.3, -0.25) is 10.1 Å². The molecule has 2 aromatic rings. The lowest BCUT2D eigenvalue weighted by atomic mass is 10.0. The molecule has 3 amide bonds. The molecule has 8 nitrogen and oxygen atoms in total. The Balaban J connectivity index is 0.000000295. The quantitative estimate of drug-likeness (QED) is 0.511. The van der Waals surface area contributed by atoms with Crippen LogP contribution in [-0.2, 0) is 4.79 Å². The summed E-state index contributed by atoms with van der Waals surface area (Å²) in [5.41, 5.74) is 5.19. The molecule has 0 aromatic heterocycles. The third-order valence-electron chi connectivity index (χ3n) is 4.10. The summed E-state index contributed by atoms with van der Waals surface area (Å²) in [5.74, 6) is -2.37. The van der Waals surface area contributed by atoms with Gasteiger partial charge in [0.25, 0.3) is 0 Å². The van der Waals surface area contributed by atoms with Gasteiger partial charge in [-0.1, -0.05) is 41.9 Å². The van der Waals surface area contributed by atoms with Gasteiger partial charge >= 0.3 is 18.0 Å². The van der Waals surface area contributed by atoms with Crippen LogP contribution in [0.4, 0.5) is 4.79 Å². The van der Waals surface area contributed by atoms with Crippen molar-refractivity contribution in [1.82, 2.24) is 5.32 Å². The van der Waals surface area contributed by atoms with E-state index in [4.69, 9.17) is 15.9 Å². The topological polar surface area (TPSA) is 147 Å². The number of aromatic carboxylic acids is 2. The fourth-order valence-electron chi connectivity index (χ4n) is 2.31. The highest BCUT2D eigenvalue weighted by Crippen LogP contribution is 2.26. The van der Waals surface area contributed by atoms with Gasteiger partial charge in [-0.25, -0.2) is 14.4 Å². The van der Waals surface area contributed by atoms with E-state index in [0.29, 0.717) is 23.6 Å². The number of amides is 3. The van der Waals surface area contributed by atoms with Gasteiger partial charge < -0.3 is 15.9 Å². The van der Waals surface area contributed by atoms with E-state index in [0.717, 1.165) is 0 Å². The van der Waals surface area contributed by atoms with E-state index in [1.165, 1.54) is 24.3 Å². The number of carboxylic acid groups (broad SMARTS) is 2. The number of imide groups is 1. The molecular formula is C19H21BrN2O6. The van der Waals surface area contributed by atoms with Crippen molar-refractivity contribution in [1.29, 1.82) is 0 Å². The minimum atomic E-state index is -0.996. The van der Waals surface area contributed by atoms with Crippen LogP contribution < -0.4 is 11.1 Å². The number of benzene rings is 2. The zero-order valence-corrected chi connectivity index (χ0v) is 16.9. The number of alkyl halides is 1. The summed E-state index contributed by atoms with van der Waals surface area (Å²) in [4.78, 5) is 43.1. The van der Waals surface area contributed by atoms with Gasteiger partial charge in [0, 0.05) is 0 Å². The lowest BCUT2D eigenvalue weighted by Gasteiger charge is -2.21. The molecular weight excluding hydrogens is 432 g/mol. The minimum absolute atomic E-state index is 0.190. The van der Waals surface area contributed by atoms with E-state index in [1.54, 1.807) is 12.1 Å². The highest BCUT2D eigenvalue weighted by atomic mass is 79.9. The van der Waals surface area contributed by atoms with E-state index in [9.17, 15) is 19.2 Å². The third kappa shape index (κ3) is 6.05. The maximum Gasteiger partial charge on any atom is 0.335 e. The summed E-state index contributed by atoms with van der Waals surface area (Å²) in [5, 5.41) is 21.0. The van der Waals surface area contributed by atoms with E-state index < -0.39 is 22.3 Å². The summed E-state index contributed by atoms with van der Waals surface area (Å²) in [7, 11) is 0. The maximum absolute atomic E-state index is 11.3. The van der Waals surface area contributed by atoms with Crippen molar-refractivity contribution >= 4 is 50.6 Å². The highest BCUT2D eigenvalue weighted by molar-refractivity contribution is 9.10. The standard InChI is InChI=1S/C12H8O4.C7H13BrN2O2/c13-11(14)9-3-1-7-5-10(12(15)16)4-2-8(7)6-9;1-3-7(8,4-2)5(11)10-6(9)12/h1-6H,(H,13,14)(H,15,16);3-4H2,1-2H3,(H3,9,10,11,12). The summed E-state index contributed by atoms with van der Waals surface area (Å²) in [6.45, 7) is 3.72. The number of hydrogen-bond acceptors (Lipinski definition) is 4. The first kappa shape index (κ1) is 23.1. The number of hydrogen-bond donors (Lipinski definition) is 4. The number of nitrogens with two attached hydrogens (primary N) is 1. The van der Waals surface area contributed by atoms with Crippen LogP contribution in [-0.4, -0.2) is 38.4 Å². The Bertz CT molecular complexity index is 855. The fraction of sp³-hybridized carbons (Fsp3) is 0.263. The molecule has 28 heavy (non-hydrogen) atoms. The van der Waals surface area contributed by atoms with Crippen molar-refractivity contribution in [2.24, 2.45) is 5.73 Å². The molecule has 0 saturated carbocycles. The van der Waals surface area contributed by atoms with Crippen LogP contribution in [0.1, 0.15) is 47.4 Å². The molecule has 0 spiro atoms. The largest absolute Gasteiger partial charge is 0.478 e. The molecule has 0 aliphatic rings. The van der Waals surface area contributed by atoms with Gasteiger partial charge in [-0.15, -0.1) is 0 Å². The van der Waals surface area contributed by atoms with Gasteiger partial charge in [-0.2, -0.15) is 0 Å². The van der Waals surface area contributed by atoms with Crippen molar-refractivity contribution in [2.75, 3.05) is 0 Å². The van der Waals surface area contributed by atoms with Crippen LogP contribution in [0.15, 0.2) is 36.4 Å². The van der Waals surface area contributed by atoms with Crippen molar-refractivity contribution in [3.63, 3.8) is 0 Å². The Morgan fingerprint density at radius 2 is 1.32 bits per heavy atom. The van der Waals surface area contributed by atoms with E-state index in [1.807, 2.05) is 19.2 Å². The second-order valence-corrected chi connectivity index (χ2v) is 7.40. The number of halogens is 1. The molecule has 2 rings (SSSR count). The first-order valence-electron chi connectivity index (χ1n) is 8.34. The maximum atomic E-state index is 11.3. The molecule has 0 heterocycles. The van der Waals surface area contributed by atoms with Gasteiger partial charge in [0.15, 0.2) is 0 Å². The number of carboxylic acids is 2. The van der Waals surface area contributed by atoms with Crippen LogP contribution in [0, 0.1) is 0 Å². The van der Waals surface area contributed by atoms with Crippen LogP contribution >= 0.6 is 15.9 Å². The Morgan fingerprint density at radius 3 is 1.61 bits per heavy atom. The molecule has 9 heteroatoms. The monoisotopic (exact) mass is 452 g/mol. The van der Waals surface area contributed by atoms with Crippen LogP contribution in [0.3, 0.4) is 0 Å². The Hall–Kier alpha value is -2.94. The molecule has 2 aromatic carbocycles. The molecule has 0 unspecified atom stereocenters. The molecule has 0 radical (unpaired) electrons. The Labute approximate surface area is 169 Å². The highest BCUT2D eigenvalue weighted by Gasteiger charge is 2.32. The summed E-state index contributed by atoms with van der Waals surface area (Å²) in [6.07, 6.45) is 1.23. The van der Waals surface area contributed by atoms with Gasteiger partial charge in [0.2, 0.25) is 5.91 Å². The van der Waals surface area contributed by atoms with Crippen LogP contribution in [0.5, 0.6) is 0 Å². The average Bonchev–Trinajstić information content (AvgIpc) is 2.66. The van der Waals surface area contributed by atoms with Crippen LogP contribution in [0.2, 0.25) is 0 Å². The van der Waals surface area contributed by atoms with E-state index in [2.05, 4.69) is 15.9 Å². The van der Waals surface area contributed by atoms with Gasteiger partial charge in [-0.05, 0) is 47.9 Å². The second kappa shape index (κ2) is 9.84. The predicted molar refractivity (Wildman–Crippen MR) is 108 cm³/mol. The summed E-state index contributed by atoms with van der Waals surface area (Å²) < 4.78 is -0.665. The van der Waals surface area contributed by atoms with Gasteiger partial charge in [0.05, 0.1) is 11.1 Å². The molecule has 0 fully saturated rings. The summed E-state index contributed by atoms with van der Waals surface area (Å²) >= 11 is 3.26. The van der Waals surface area contributed by atoms with Crippen LogP contribution in [0.25, 0.3) is 10.8 Å². The number of fused-ring (bicyclic) bond motifs is 1. The fourth-order valence-corrected chi connectivity index (χ4v) is 2.41. The number of rotatable bonds is 5. The third-order valence-corrected chi connectivity index (χ3v) is 5.58. The number of carbonyl (C=O) groups is 4. The van der Waals surface area contributed by atoms with E-state index >= 15 is 0 Å². The molecule has 0 aliphatic carbocycles. The van der Waals surface area contributed by atoms with Crippen molar-refractivity contribution < 1.29 is 29.4 Å². The first-order chi connectivity index (χ1) is 13.0. The molecule has 150 valence electrons. The summed E-state index contributed by atoms with van der Waals surface area (Å²) in [6, 6.07) is 8.33. The number of carbonyl (C=O) groups excluding carboxylic acids is 2. The lowest BCUT2D eigenvalue weighted by Crippen LogP contribution is -2.46. The normalized spacial score (nSPS) is 10.5. The molecule has 5 N–H and O–H groups in total. The number of primary amides is 1. The molecule has 0 saturated heterocycles. The lowest BCUT2D eigenvalue weighted by molar-refractivity contribution is -0.122. The Kier molecular flexibility index (Phi) is 8.12. The predicted octanol–water partition coefficient (Wildman–Crippen LogP) is 3.37. The first-order valence-corrected chi connectivity index (χ1v) is 9.13. The SMILES string of the molecule is CCC(Br)(CC)C(=O)NC(N)=O.O=C(O)c1ccc2cc(C(=O)O)ccc2c1. The molecule has 0 atom stereocenters. The average molecular weight is 453 g/mol. The van der Waals surface area contributed by atoms with Crippen molar-refractivity contribution in [3.8, 4) is 0 Å². The zero-order valence-electron chi connectivity index (χ0n) is 15.4. The number of urea groups is 1. The smallest absolute Gasteiger partial charge is 0.335 e. The number of nitrogens with one attached hydrogen (secondary N) is 1. The molecule has 0 aliphatic heterocycles.